The van der Waals surface area contributed by atoms with Crippen molar-refractivity contribution < 1.29 is 24.2 Å². The Balaban J connectivity index is 1.73. The molecule has 30 heavy (non-hydrogen) atoms. The Bertz CT molecular complexity index is 1020. The van der Waals surface area contributed by atoms with Crippen LogP contribution in [-0.2, 0) is 11.3 Å². The van der Waals surface area contributed by atoms with E-state index in [2.05, 4.69) is 5.32 Å². The van der Waals surface area contributed by atoms with Gasteiger partial charge in [0.15, 0.2) is 0 Å². The summed E-state index contributed by atoms with van der Waals surface area (Å²) < 4.78 is 11.0. The number of benzene rings is 2. The number of carboxylic acid groups (broad SMARTS) is 1. The first kappa shape index (κ1) is 21.4. The van der Waals surface area contributed by atoms with Crippen molar-refractivity contribution in [3.8, 4) is 16.2 Å². The van der Waals surface area contributed by atoms with Crippen molar-refractivity contribution in [3.63, 3.8) is 0 Å². The SMILES string of the molecule is CC(C)(C)OC(=O)Nc1cc(-c2ccc(OCc3ccccc3)cc2)sc1C(=O)O. The number of carboxylic acids is 1. The van der Waals surface area contributed by atoms with Gasteiger partial charge in [0.2, 0.25) is 0 Å². The molecule has 0 spiro atoms. The van der Waals surface area contributed by atoms with Crippen molar-refractivity contribution in [2.75, 3.05) is 5.32 Å². The first-order valence-electron chi connectivity index (χ1n) is 9.35. The molecule has 0 radical (unpaired) electrons. The maximum Gasteiger partial charge on any atom is 0.412 e. The Kier molecular flexibility index (Phi) is 6.42. The molecular formula is C23H23NO5S. The number of carbonyl (C=O) groups is 2. The predicted octanol–water partition coefficient (Wildman–Crippen LogP) is 6.04. The van der Waals surface area contributed by atoms with Gasteiger partial charge < -0.3 is 14.6 Å². The Morgan fingerprint density at radius 1 is 1.03 bits per heavy atom. The highest BCUT2D eigenvalue weighted by Crippen LogP contribution is 2.36. The minimum absolute atomic E-state index is 0.0419. The second kappa shape index (κ2) is 9.00. The van der Waals surface area contributed by atoms with Gasteiger partial charge in [-0.25, -0.2) is 9.59 Å². The van der Waals surface area contributed by atoms with Gasteiger partial charge in [-0.2, -0.15) is 0 Å². The normalized spacial score (nSPS) is 11.0. The molecule has 0 aliphatic heterocycles. The fourth-order valence-corrected chi connectivity index (χ4v) is 3.61. The molecular weight excluding hydrogens is 402 g/mol. The lowest BCUT2D eigenvalue weighted by atomic mass is 10.1. The largest absolute Gasteiger partial charge is 0.489 e. The van der Waals surface area contributed by atoms with Crippen LogP contribution in [0.2, 0.25) is 0 Å². The fourth-order valence-electron chi connectivity index (χ4n) is 2.65. The van der Waals surface area contributed by atoms with E-state index in [9.17, 15) is 14.7 Å². The molecule has 7 heteroatoms. The van der Waals surface area contributed by atoms with Crippen LogP contribution < -0.4 is 10.1 Å². The van der Waals surface area contributed by atoms with E-state index in [-0.39, 0.29) is 10.6 Å². The Labute approximate surface area is 179 Å². The highest BCUT2D eigenvalue weighted by Gasteiger charge is 2.21. The molecule has 1 heterocycles. The number of nitrogens with one attached hydrogen (secondary N) is 1. The lowest BCUT2D eigenvalue weighted by molar-refractivity contribution is 0.0636. The predicted molar refractivity (Wildman–Crippen MR) is 117 cm³/mol. The number of thiophene rings is 1. The summed E-state index contributed by atoms with van der Waals surface area (Å²) in [5, 5.41) is 12.0. The van der Waals surface area contributed by atoms with Crippen molar-refractivity contribution in [3.05, 3.63) is 71.1 Å². The molecule has 2 N–H and O–H groups in total. The summed E-state index contributed by atoms with van der Waals surface area (Å²) in [5.74, 6) is -0.398. The maximum atomic E-state index is 12.0. The van der Waals surface area contributed by atoms with Crippen molar-refractivity contribution >= 4 is 29.1 Å². The van der Waals surface area contributed by atoms with Crippen LogP contribution in [0.25, 0.3) is 10.4 Å². The van der Waals surface area contributed by atoms with Crippen LogP contribution in [0.5, 0.6) is 5.75 Å². The van der Waals surface area contributed by atoms with Crippen molar-refractivity contribution in [2.24, 2.45) is 0 Å². The van der Waals surface area contributed by atoms with Gasteiger partial charge in [-0.15, -0.1) is 11.3 Å². The van der Waals surface area contributed by atoms with Gasteiger partial charge in [0, 0.05) is 4.88 Å². The first-order valence-corrected chi connectivity index (χ1v) is 10.2. The molecule has 0 aliphatic rings. The third kappa shape index (κ3) is 5.84. The smallest absolute Gasteiger partial charge is 0.412 e. The minimum atomic E-state index is -1.11. The number of ether oxygens (including phenoxy) is 2. The average Bonchev–Trinajstić information content (AvgIpc) is 3.10. The zero-order chi connectivity index (χ0) is 21.7. The molecule has 0 aliphatic carbocycles. The molecule has 0 saturated carbocycles. The molecule has 0 bridgehead atoms. The fraction of sp³-hybridized carbons (Fsp3) is 0.217. The van der Waals surface area contributed by atoms with Gasteiger partial charge in [-0.05, 0) is 62.2 Å². The van der Waals surface area contributed by atoms with Crippen LogP contribution in [0.3, 0.4) is 0 Å². The highest BCUT2D eigenvalue weighted by atomic mass is 32.1. The Morgan fingerprint density at radius 2 is 1.70 bits per heavy atom. The van der Waals surface area contributed by atoms with Crippen LogP contribution in [0.15, 0.2) is 60.7 Å². The Morgan fingerprint density at radius 3 is 2.30 bits per heavy atom. The maximum absolute atomic E-state index is 12.0. The van der Waals surface area contributed by atoms with E-state index in [4.69, 9.17) is 9.47 Å². The van der Waals surface area contributed by atoms with Gasteiger partial charge in [0.1, 0.15) is 22.8 Å². The van der Waals surface area contributed by atoms with Crippen LogP contribution in [0, 0.1) is 0 Å². The van der Waals surface area contributed by atoms with Crippen LogP contribution >= 0.6 is 11.3 Å². The molecule has 0 unspecified atom stereocenters. The lowest BCUT2D eigenvalue weighted by Crippen LogP contribution is -2.27. The molecule has 1 amide bonds. The van der Waals surface area contributed by atoms with Crippen LogP contribution in [0.1, 0.15) is 36.0 Å². The summed E-state index contributed by atoms with van der Waals surface area (Å²) in [6.07, 6.45) is -0.695. The Hall–Kier alpha value is -3.32. The molecule has 0 fully saturated rings. The summed E-state index contributed by atoms with van der Waals surface area (Å²) in [5.41, 5.74) is 1.43. The second-order valence-electron chi connectivity index (χ2n) is 7.58. The van der Waals surface area contributed by atoms with E-state index in [1.807, 2.05) is 54.6 Å². The zero-order valence-electron chi connectivity index (χ0n) is 17.0. The molecule has 156 valence electrons. The van der Waals surface area contributed by atoms with Crippen LogP contribution in [0.4, 0.5) is 10.5 Å². The topological polar surface area (TPSA) is 84.9 Å². The van der Waals surface area contributed by atoms with Gasteiger partial charge in [-0.3, -0.25) is 5.32 Å². The van der Waals surface area contributed by atoms with E-state index >= 15 is 0 Å². The molecule has 3 aromatic rings. The third-order valence-electron chi connectivity index (χ3n) is 3.95. The van der Waals surface area contributed by atoms with E-state index in [0.717, 1.165) is 22.5 Å². The number of aromatic carboxylic acids is 1. The quantitative estimate of drug-likeness (QED) is 0.503. The van der Waals surface area contributed by atoms with E-state index in [1.165, 1.54) is 0 Å². The number of hydrogen-bond donors (Lipinski definition) is 2. The number of hydrogen-bond acceptors (Lipinski definition) is 5. The number of amides is 1. The van der Waals surface area contributed by atoms with E-state index < -0.39 is 17.7 Å². The van der Waals surface area contributed by atoms with Crippen molar-refractivity contribution in [1.82, 2.24) is 0 Å². The van der Waals surface area contributed by atoms with Gasteiger partial charge >= 0.3 is 12.1 Å². The summed E-state index contributed by atoms with van der Waals surface area (Å²) in [4.78, 5) is 24.4. The van der Waals surface area contributed by atoms with Crippen LogP contribution in [-0.4, -0.2) is 22.8 Å². The number of anilines is 1. The van der Waals surface area contributed by atoms with Crippen molar-refractivity contribution in [1.29, 1.82) is 0 Å². The molecule has 0 saturated heterocycles. The average molecular weight is 426 g/mol. The number of rotatable bonds is 6. The summed E-state index contributed by atoms with van der Waals surface area (Å²) in [6.45, 7) is 5.69. The molecule has 2 aromatic carbocycles. The van der Waals surface area contributed by atoms with Gasteiger partial charge in [0.05, 0.1) is 5.69 Å². The lowest BCUT2D eigenvalue weighted by Gasteiger charge is -2.19. The summed E-state index contributed by atoms with van der Waals surface area (Å²) in [7, 11) is 0. The third-order valence-corrected chi connectivity index (χ3v) is 5.12. The molecule has 1 aromatic heterocycles. The second-order valence-corrected chi connectivity index (χ2v) is 8.64. The monoisotopic (exact) mass is 425 g/mol. The summed E-state index contributed by atoms with van der Waals surface area (Å²) >= 11 is 1.09. The first-order chi connectivity index (χ1) is 14.2. The molecule has 0 atom stereocenters. The number of carbonyl (C=O) groups excluding carboxylic acids is 1. The standard InChI is InChI=1S/C23H23NO5S/c1-23(2,3)29-22(27)24-18-13-19(30-20(18)21(25)26)16-9-11-17(12-10-16)28-14-15-7-5-4-6-8-15/h4-13H,14H2,1-3H3,(H,24,27)(H,25,26). The van der Waals surface area contributed by atoms with E-state index in [1.54, 1.807) is 26.8 Å². The van der Waals surface area contributed by atoms with E-state index in [0.29, 0.717) is 17.2 Å². The zero-order valence-corrected chi connectivity index (χ0v) is 17.8. The van der Waals surface area contributed by atoms with Gasteiger partial charge in [-0.1, -0.05) is 30.3 Å². The minimum Gasteiger partial charge on any atom is -0.489 e. The highest BCUT2D eigenvalue weighted by molar-refractivity contribution is 7.18. The van der Waals surface area contributed by atoms with Gasteiger partial charge in [0.25, 0.3) is 0 Å². The molecule has 6 nitrogen and oxygen atoms in total. The summed E-state index contributed by atoms with van der Waals surface area (Å²) in [6, 6.07) is 18.9. The molecule has 3 rings (SSSR count). The van der Waals surface area contributed by atoms with Crippen molar-refractivity contribution in [2.45, 2.75) is 33.0 Å².